The maximum atomic E-state index is 12.2. The number of hydrogen-bond acceptors (Lipinski definition) is 2. The summed E-state index contributed by atoms with van der Waals surface area (Å²) in [5.41, 5.74) is 2.12. The predicted molar refractivity (Wildman–Crippen MR) is 74.1 cm³/mol. The second kappa shape index (κ2) is 5.03. The van der Waals surface area contributed by atoms with Crippen molar-refractivity contribution in [2.75, 3.05) is 19.6 Å². The molecule has 0 aromatic heterocycles. The van der Waals surface area contributed by atoms with Gasteiger partial charge < -0.3 is 9.80 Å². The second-order valence-corrected chi connectivity index (χ2v) is 5.30. The van der Waals surface area contributed by atoms with E-state index in [0.717, 1.165) is 37.1 Å². The average molecular weight is 257 g/mol. The average Bonchev–Trinajstić information content (AvgIpc) is 2.77. The summed E-state index contributed by atoms with van der Waals surface area (Å²) in [7, 11) is 0. The number of benzene rings is 1. The van der Waals surface area contributed by atoms with Gasteiger partial charge >= 0.3 is 0 Å². The highest BCUT2D eigenvalue weighted by molar-refractivity contribution is 6.01. The lowest BCUT2D eigenvalue weighted by molar-refractivity contribution is -0.132. The normalized spacial score (nSPS) is 18.6. The van der Waals surface area contributed by atoms with Gasteiger partial charge in [-0.15, -0.1) is 0 Å². The topological polar surface area (TPSA) is 47.4 Å². The number of fused-ring (bicyclic) bond motifs is 1. The van der Waals surface area contributed by atoms with E-state index in [0.29, 0.717) is 18.9 Å². The highest BCUT2D eigenvalue weighted by atomic mass is 16.2. The lowest BCUT2D eigenvalue weighted by Gasteiger charge is -2.29. The zero-order valence-corrected chi connectivity index (χ0v) is 11.1. The Bertz CT molecular complexity index is 506. The number of nitrogens with zero attached hydrogens (tertiary/aromatic N) is 2. The lowest BCUT2D eigenvalue weighted by Crippen LogP contribution is -2.42. The van der Waals surface area contributed by atoms with Crippen molar-refractivity contribution in [2.24, 2.45) is 0 Å². The van der Waals surface area contributed by atoms with Gasteiger partial charge in [0.05, 0.1) is 6.54 Å². The summed E-state index contributed by atoms with van der Waals surface area (Å²) in [5.74, 6) is 0.651. The maximum absolute atomic E-state index is 12.2. The van der Waals surface area contributed by atoms with Crippen LogP contribution in [0.25, 0.3) is 0 Å². The first-order valence-electron chi connectivity index (χ1n) is 6.95. The number of piperidine rings is 1. The molecule has 0 saturated carbocycles. The van der Waals surface area contributed by atoms with Gasteiger partial charge in [0.2, 0.25) is 5.91 Å². The quantitative estimate of drug-likeness (QED) is 0.878. The monoisotopic (exact) mass is 257 g/mol. The first-order chi connectivity index (χ1) is 9.25. The summed E-state index contributed by atoms with van der Waals surface area (Å²) in [6.07, 6.45) is 3.46. The molecule has 2 aliphatic rings. The Morgan fingerprint density at radius 2 is 1.89 bits per heavy atom. The van der Waals surface area contributed by atoms with Crippen LogP contribution in [0.5, 0.6) is 0 Å². The molecule has 1 amide bonds. The van der Waals surface area contributed by atoms with E-state index >= 15 is 0 Å². The molecule has 2 aliphatic heterocycles. The van der Waals surface area contributed by atoms with E-state index in [-0.39, 0.29) is 5.91 Å². The van der Waals surface area contributed by atoms with Crippen molar-refractivity contribution < 1.29 is 4.79 Å². The Morgan fingerprint density at radius 3 is 2.63 bits per heavy atom. The van der Waals surface area contributed by atoms with E-state index in [4.69, 9.17) is 5.41 Å². The number of amidine groups is 1. The largest absolute Gasteiger partial charge is 0.343 e. The Balaban J connectivity index is 1.66. The van der Waals surface area contributed by atoms with Crippen molar-refractivity contribution in [1.29, 1.82) is 5.41 Å². The number of amides is 1. The smallest absolute Gasteiger partial charge is 0.242 e. The molecule has 0 atom stereocenters. The first kappa shape index (κ1) is 12.2. The molecule has 0 spiro atoms. The Hall–Kier alpha value is -1.84. The summed E-state index contributed by atoms with van der Waals surface area (Å²) >= 11 is 0. The van der Waals surface area contributed by atoms with Gasteiger partial charge in [0.1, 0.15) is 5.84 Å². The van der Waals surface area contributed by atoms with Crippen LogP contribution < -0.4 is 0 Å². The molecule has 0 unspecified atom stereocenters. The van der Waals surface area contributed by atoms with E-state index in [9.17, 15) is 4.79 Å². The van der Waals surface area contributed by atoms with Crippen LogP contribution in [0.4, 0.5) is 0 Å². The van der Waals surface area contributed by atoms with Gasteiger partial charge in [-0.25, -0.2) is 0 Å². The second-order valence-electron chi connectivity index (χ2n) is 5.30. The van der Waals surface area contributed by atoms with Gasteiger partial charge in [-0.1, -0.05) is 24.3 Å². The van der Waals surface area contributed by atoms with Crippen LogP contribution in [0.1, 0.15) is 30.4 Å². The minimum atomic E-state index is 0.164. The molecule has 4 nitrogen and oxygen atoms in total. The minimum absolute atomic E-state index is 0.164. The van der Waals surface area contributed by atoms with E-state index in [1.54, 1.807) is 0 Å². The minimum Gasteiger partial charge on any atom is -0.343 e. The number of hydrogen-bond donors (Lipinski definition) is 1. The molecular formula is C15H19N3O. The van der Waals surface area contributed by atoms with Crippen LogP contribution in [0.3, 0.4) is 0 Å². The number of carbonyl (C=O) groups excluding carboxylic acids is 1. The van der Waals surface area contributed by atoms with Gasteiger partial charge in [0, 0.05) is 25.2 Å². The van der Waals surface area contributed by atoms with Crippen molar-refractivity contribution in [3.63, 3.8) is 0 Å². The molecule has 3 rings (SSSR count). The Morgan fingerprint density at radius 1 is 1.16 bits per heavy atom. The summed E-state index contributed by atoms with van der Waals surface area (Å²) in [4.78, 5) is 16.1. The molecule has 4 heteroatoms. The van der Waals surface area contributed by atoms with Crippen molar-refractivity contribution >= 4 is 11.7 Å². The van der Waals surface area contributed by atoms with Crippen molar-refractivity contribution in [1.82, 2.24) is 9.80 Å². The first-order valence-corrected chi connectivity index (χ1v) is 6.95. The summed E-state index contributed by atoms with van der Waals surface area (Å²) in [6, 6.07) is 7.93. The molecule has 0 radical (unpaired) electrons. The predicted octanol–water partition coefficient (Wildman–Crippen LogP) is 1.84. The van der Waals surface area contributed by atoms with Crippen molar-refractivity contribution in [3.05, 3.63) is 35.4 Å². The summed E-state index contributed by atoms with van der Waals surface area (Å²) in [6.45, 7) is 2.79. The fourth-order valence-corrected chi connectivity index (χ4v) is 2.89. The van der Waals surface area contributed by atoms with E-state index < -0.39 is 0 Å². The van der Waals surface area contributed by atoms with Crippen LogP contribution in [0.15, 0.2) is 24.3 Å². The molecule has 0 aliphatic carbocycles. The fourth-order valence-electron chi connectivity index (χ4n) is 2.89. The zero-order valence-electron chi connectivity index (χ0n) is 11.1. The van der Waals surface area contributed by atoms with E-state index in [1.807, 2.05) is 34.1 Å². The molecule has 2 heterocycles. The van der Waals surface area contributed by atoms with Crippen LogP contribution in [0, 0.1) is 5.41 Å². The zero-order chi connectivity index (χ0) is 13.2. The highest BCUT2D eigenvalue weighted by Gasteiger charge is 2.27. The number of likely N-dealkylation sites (tertiary alicyclic amines) is 1. The van der Waals surface area contributed by atoms with Gasteiger partial charge in [0.25, 0.3) is 0 Å². The SMILES string of the molecule is N=C1c2ccccc2CN1CC(=O)N1CCCCC1. The van der Waals surface area contributed by atoms with Crippen molar-refractivity contribution in [3.8, 4) is 0 Å². The van der Waals surface area contributed by atoms with E-state index in [1.165, 1.54) is 6.42 Å². The fraction of sp³-hybridized carbons (Fsp3) is 0.467. The third-order valence-corrected chi connectivity index (χ3v) is 3.98. The molecule has 1 saturated heterocycles. The number of rotatable bonds is 2. The summed E-state index contributed by atoms with van der Waals surface area (Å²) in [5, 5.41) is 8.15. The van der Waals surface area contributed by atoms with Crippen LogP contribution in [-0.2, 0) is 11.3 Å². The van der Waals surface area contributed by atoms with Crippen molar-refractivity contribution in [2.45, 2.75) is 25.8 Å². The molecule has 100 valence electrons. The molecule has 1 aromatic carbocycles. The van der Waals surface area contributed by atoms with Crippen LogP contribution >= 0.6 is 0 Å². The standard InChI is InChI=1S/C15H19N3O/c16-15-13-7-3-2-6-12(13)10-18(15)11-14(19)17-8-4-1-5-9-17/h2-3,6-7,16H,1,4-5,8-11H2. The molecule has 0 bridgehead atoms. The van der Waals surface area contributed by atoms with E-state index in [2.05, 4.69) is 0 Å². The molecule has 1 aromatic rings. The Labute approximate surface area is 113 Å². The lowest BCUT2D eigenvalue weighted by atomic mass is 10.1. The van der Waals surface area contributed by atoms with Gasteiger partial charge in [-0.2, -0.15) is 0 Å². The number of nitrogens with one attached hydrogen (secondary N) is 1. The highest BCUT2D eigenvalue weighted by Crippen LogP contribution is 2.22. The van der Waals surface area contributed by atoms with Crippen LogP contribution in [-0.4, -0.2) is 41.2 Å². The molecular weight excluding hydrogens is 238 g/mol. The third-order valence-electron chi connectivity index (χ3n) is 3.98. The molecule has 19 heavy (non-hydrogen) atoms. The molecule has 1 N–H and O–H groups in total. The van der Waals surface area contributed by atoms with Gasteiger partial charge in [-0.05, 0) is 24.8 Å². The van der Waals surface area contributed by atoms with Crippen LogP contribution in [0.2, 0.25) is 0 Å². The Kier molecular flexibility index (Phi) is 3.23. The summed E-state index contributed by atoms with van der Waals surface area (Å²) < 4.78 is 0. The third kappa shape index (κ3) is 2.35. The molecule has 1 fully saturated rings. The van der Waals surface area contributed by atoms with Gasteiger partial charge in [0.15, 0.2) is 0 Å². The number of carbonyl (C=O) groups is 1. The van der Waals surface area contributed by atoms with Gasteiger partial charge in [-0.3, -0.25) is 10.2 Å². The maximum Gasteiger partial charge on any atom is 0.242 e.